The van der Waals surface area contributed by atoms with Crippen molar-refractivity contribution in [3.05, 3.63) is 18.7 Å². The Morgan fingerprint density at radius 2 is 1.69 bits per heavy atom. The summed E-state index contributed by atoms with van der Waals surface area (Å²) in [4.78, 5) is 3.78. The summed E-state index contributed by atoms with van der Waals surface area (Å²) in [6.07, 6.45) is 8.48. The summed E-state index contributed by atoms with van der Waals surface area (Å²) < 4.78 is 7.44. The van der Waals surface area contributed by atoms with Gasteiger partial charge in [0.05, 0.1) is 18.5 Å². The molecule has 1 heterocycles. The van der Waals surface area contributed by atoms with Gasteiger partial charge in [0.1, 0.15) is 0 Å². The lowest BCUT2D eigenvalue weighted by atomic mass is 10.3. The van der Waals surface area contributed by atoms with Gasteiger partial charge in [-0.15, -0.1) is 17.0 Å². The second kappa shape index (κ2) is 11.1. The van der Waals surface area contributed by atoms with Crippen molar-refractivity contribution in [3.63, 3.8) is 0 Å². The number of hydrogen-bond acceptors (Lipinski definition) is 2. The first-order valence-corrected chi connectivity index (χ1v) is 5.67. The van der Waals surface area contributed by atoms with Crippen molar-refractivity contribution in [2.24, 2.45) is 7.05 Å². The van der Waals surface area contributed by atoms with Gasteiger partial charge in [-0.3, -0.25) is 0 Å². The fraction of sp³-hybridized carbons (Fsp3) is 0.750. The fourth-order valence-corrected chi connectivity index (χ4v) is 0.915. The molecule has 2 unspecified atom stereocenters. The van der Waals surface area contributed by atoms with Gasteiger partial charge in [0.25, 0.3) is 0 Å². The zero-order valence-corrected chi connectivity index (χ0v) is 12.7. The van der Waals surface area contributed by atoms with E-state index in [1.165, 1.54) is 0 Å². The highest BCUT2D eigenvalue weighted by Gasteiger charge is 2.02. The third-order valence-electron chi connectivity index (χ3n) is 2.25. The fourth-order valence-electron chi connectivity index (χ4n) is 0.915. The van der Waals surface area contributed by atoms with E-state index in [4.69, 9.17) is 4.74 Å². The average Bonchev–Trinajstić information content (AvgIpc) is 2.69. The Labute approximate surface area is 110 Å². The number of rotatable bonds is 4. The second-order valence-electron chi connectivity index (χ2n) is 3.80. The van der Waals surface area contributed by atoms with Gasteiger partial charge < -0.3 is 9.30 Å². The van der Waals surface area contributed by atoms with Crippen LogP contribution in [0.5, 0.6) is 0 Å². The molecule has 1 rings (SSSR count). The van der Waals surface area contributed by atoms with Crippen molar-refractivity contribution in [3.8, 4) is 0 Å². The number of hydrogen-bond donors (Lipinski definition) is 0. The van der Waals surface area contributed by atoms with Gasteiger partial charge in [0.15, 0.2) is 0 Å². The maximum absolute atomic E-state index is 5.55. The number of nitrogens with zero attached hydrogens (tertiary/aromatic N) is 2. The lowest BCUT2D eigenvalue weighted by Gasteiger charge is -2.15. The van der Waals surface area contributed by atoms with Crippen LogP contribution in [-0.2, 0) is 11.8 Å². The van der Waals surface area contributed by atoms with Crippen LogP contribution >= 0.6 is 17.0 Å². The summed E-state index contributed by atoms with van der Waals surface area (Å²) in [6.45, 7) is 8.53. The van der Waals surface area contributed by atoms with Crippen LogP contribution in [0.15, 0.2) is 18.7 Å². The Balaban J connectivity index is 0. The van der Waals surface area contributed by atoms with Gasteiger partial charge in [0.2, 0.25) is 0 Å². The van der Waals surface area contributed by atoms with E-state index >= 15 is 0 Å². The van der Waals surface area contributed by atoms with Gasteiger partial charge >= 0.3 is 0 Å². The van der Waals surface area contributed by atoms with E-state index in [9.17, 15) is 0 Å². The van der Waals surface area contributed by atoms with Crippen LogP contribution in [0, 0.1) is 0 Å². The lowest BCUT2D eigenvalue weighted by molar-refractivity contribution is 0.00511. The average molecular weight is 293 g/mol. The Morgan fingerprint density at radius 1 is 1.19 bits per heavy atom. The molecule has 0 spiro atoms. The Hall–Kier alpha value is -0.350. The molecule has 0 aliphatic heterocycles. The molecule has 0 saturated carbocycles. The molecule has 3 nitrogen and oxygen atoms in total. The molecule has 0 saturated heterocycles. The van der Waals surface area contributed by atoms with Gasteiger partial charge in [0, 0.05) is 19.4 Å². The van der Waals surface area contributed by atoms with Crippen molar-refractivity contribution in [2.75, 3.05) is 0 Å². The minimum atomic E-state index is 0. The highest BCUT2D eigenvalue weighted by Crippen LogP contribution is 2.03. The van der Waals surface area contributed by atoms with Gasteiger partial charge in [-0.25, -0.2) is 4.98 Å². The van der Waals surface area contributed by atoms with Crippen LogP contribution in [0.4, 0.5) is 0 Å². The summed E-state index contributed by atoms with van der Waals surface area (Å²) in [5, 5.41) is 0. The van der Waals surface area contributed by atoms with Crippen molar-refractivity contribution in [1.29, 1.82) is 0 Å². The number of ether oxygens (including phenoxy) is 1. The number of aromatic nitrogens is 2. The van der Waals surface area contributed by atoms with Crippen molar-refractivity contribution in [2.45, 2.75) is 52.7 Å². The molecular formula is C12H25BrN2O. The first-order valence-electron chi connectivity index (χ1n) is 5.67. The van der Waals surface area contributed by atoms with E-state index in [1.54, 1.807) is 12.5 Å². The largest absolute Gasteiger partial charge is 0.376 e. The van der Waals surface area contributed by atoms with Crippen LogP contribution in [0.25, 0.3) is 0 Å². The molecule has 0 aliphatic rings. The van der Waals surface area contributed by atoms with Crippen LogP contribution in [0.3, 0.4) is 0 Å². The molecule has 0 radical (unpaired) electrons. The van der Waals surface area contributed by atoms with Crippen molar-refractivity contribution < 1.29 is 4.74 Å². The normalized spacial score (nSPS) is 13.1. The highest BCUT2D eigenvalue weighted by molar-refractivity contribution is 8.93. The second-order valence-corrected chi connectivity index (χ2v) is 3.80. The van der Waals surface area contributed by atoms with Gasteiger partial charge in [-0.1, -0.05) is 13.8 Å². The molecule has 0 aliphatic carbocycles. The first kappa shape index (κ1) is 18.0. The zero-order valence-electron chi connectivity index (χ0n) is 11.0. The molecule has 0 N–H and O–H groups in total. The van der Waals surface area contributed by atoms with E-state index in [0.29, 0.717) is 12.2 Å². The molecule has 0 amide bonds. The van der Waals surface area contributed by atoms with E-state index in [-0.39, 0.29) is 17.0 Å². The Bertz CT molecular complexity index is 219. The molecule has 2 atom stereocenters. The van der Waals surface area contributed by atoms with E-state index in [2.05, 4.69) is 32.7 Å². The summed E-state index contributed by atoms with van der Waals surface area (Å²) in [5.74, 6) is 0. The molecule has 0 bridgehead atoms. The SMILES string of the molecule is Br.CCC(C)OC(C)CC.Cn1ccnc1. The summed E-state index contributed by atoms with van der Waals surface area (Å²) in [6, 6.07) is 0. The first-order chi connectivity index (χ1) is 7.10. The third-order valence-corrected chi connectivity index (χ3v) is 2.25. The van der Waals surface area contributed by atoms with E-state index in [1.807, 2.05) is 17.8 Å². The molecule has 0 fully saturated rings. The topological polar surface area (TPSA) is 27.1 Å². The summed E-state index contributed by atoms with van der Waals surface area (Å²) in [5.41, 5.74) is 0. The highest BCUT2D eigenvalue weighted by atomic mass is 79.9. The monoisotopic (exact) mass is 292 g/mol. The minimum Gasteiger partial charge on any atom is -0.376 e. The predicted molar refractivity (Wildman–Crippen MR) is 74.1 cm³/mol. The summed E-state index contributed by atoms with van der Waals surface area (Å²) in [7, 11) is 1.94. The number of imidazole rings is 1. The molecule has 96 valence electrons. The smallest absolute Gasteiger partial charge is 0.0943 e. The Morgan fingerprint density at radius 3 is 1.88 bits per heavy atom. The minimum absolute atomic E-state index is 0. The molecule has 0 aromatic carbocycles. The molecule has 1 aromatic rings. The van der Waals surface area contributed by atoms with E-state index < -0.39 is 0 Å². The third kappa shape index (κ3) is 10.2. The standard InChI is InChI=1S/C8H18O.C4H6N2.BrH/c1-5-7(3)9-8(4)6-2;1-6-3-2-5-4-6;/h7-8H,5-6H2,1-4H3;2-4H,1H3;1H. The van der Waals surface area contributed by atoms with Crippen LogP contribution < -0.4 is 0 Å². The quantitative estimate of drug-likeness (QED) is 0.848. The zero-order chi connectivity index (χ0) is 11.7. The molecule has 1 aromatic heterocycles. The lowest BCUT2D eigenvalue weighted by Crippen LogP contribution is -2.14. The molecular weight excluding hydrogens is 268 g/mol. The van der Waals surface area contributed by atoms with E-state index in [0.717, 1.165) is 12.8 Å². The molecule has 4 heteroatoms. The van der Waals surface area contributed by atoms with Gasteiger partial charge in [-0.2, -0.15) is 0 Å². The number of halogens is 1. The maximum atomic E-state index is 5.55. The van der Waals surface area contributed by atoms with Gasteiger partial charge in [-0.05, 0) is 26.7 Å². The Kier molecular flexibility index (Phi) is 12.6. The predicted octanol–water partition coefficient (Wildman–Crippen LogP) is 3.60. The van der Waals surface area contributed by atoms with Crippen LogP contribution in [0.1, 0.15) is 40.5 Å². The van der Waals surface area contributed by atoms with Crippen molar-refractivity contribution >= 4 is 17.0 Å². The van der Waals surface area contributed by atoms with Crippen LogP contribution in [0.2, 0.25) is 0 Å². The number of aryl methyl sites for hydroxylation is 1. The van der Waals surface area contributed by atoms with Crippen molar-refractivity contribution in [1.82, 2.24) is 9.55 Å². The maximum Gasteiger partial charge on any atom is 0.0943 e. The molecule has 16 heavy (non-hydrogen) atoms. The van der Waals surface area contributed by atoms with Crippen LogP contribution in [-0.4, -0.2) is 21.8 Å². The summed E-state index contributed by atoms with van der Waals surface area (Å²) >= 11 is 0.